The third-order valence-corrected chi connectivity index (χ3v) is 10.5. The third-order valence-electron chi connectivity index (χ3n) is 10.5. The van der Waals surface area contributed by atoms with E-state index in [1.54, 1.807) is 0 Å². The van der Waals surface area contributed by atoms with Crippen molar-refractivity contribution in [3.8, 4) is 22.3 Å². The fourth-order valence-electron chi connectivity index (χ4n) is 7.76. The van der Waals surface area contributed by atoms with E-state index < -0.39 is 0 Å². The fraction of sp³-hybridized carbons (Fsp3) is 0.184. The number of benzene rings is 7. The molecule has 0 N–H and O–H groups in total. The molecule has 242 valence electrons. The van der Waals surface area contributed by atoms with Crippen molar-refractivity contribution in [3.05, 3.63) is 203 Å². The van der Waals surface area contributed by atoms with Gasteiger partial charge in [-0.05, 0) is 117 Å². The summed E-state index contributed by atoms with van der Waals surface area (Å²) < 4.78 is 0. The van der Waals surface area contributed by atoms with Crippen LogP contribution < -0.4 is 0 Å². The topological polar surface area (TPSA) is 0 Å². The maximum Gasteiger partial charge on any atom is 0.0156 e. The molecule has 0 bridgehead atoms. The van der Waals surface area contributed by atoms with Crippen molar-refractivity contribution < 1.29 is 0 Å². The quantitative estimate of drug-likeness (QED) is 0.124. The van der Waals surface area contributed by atoms with Gasteiger partial charge in [0.25, 0.3) is 0 Å². The molecule has 0 aromatic heterocycles. The molecule has 0 aliphatic heterocycles. The van der Waals surface area contributed by atoms with Crippen LogP contribution in [0.5, 0.6) is 0 Å². The molecule has 0 fully saturated rings. The Balaban J connectivity index is 1.27. The molecular weight excluding hydrogens is 589 g/mol. The second-order valence-electron chi connectivity index (χ2n) is 13.7. The summed E-state index contributed by atoms with van der Waals surface area (Å²) in [6, 6.07) is 60.8. The largest absolute Gasteiger partial charge is 0.0622 e. The van der Waals surface area contributed by atoms with E-state index in [0.717, 1.165) is 12.8 Å². The number of aryl methyl sites for hydroxylation is 4. The molecule has 0 amide bonds. The van der Waals surface area contributed by atoms with Gasteiger partial charge in [-0.3, -0.25) is 0 Å². The molecule has 0 heterocycles. The monoisotopic (exact) mass is 634 g/mol. The molecule has 2 unspecified atom stereocenters. The molecular formula is C49H46. The second-order valence-corrected chi connectivity index (χ2v) is 13.7. The van der Waals surface area contributed by atoms with E-state index in [9.17, 15) is 0 Å². The number of fused-ring (bicyclic) bond motifs is 1. The lowest BCUT2D eigenvalue weighted by atomic mass is 9.75. The van der Waals surface area contributed by atoms with Crippen LogP contribution in [0.2, 0.25) is 0 Å². The molecule has 0 heteroatoms. The van der Waals surface area contributed by atoms with Crippen molar-refractivity contribution in [3.63, 3.8) is 0 Å². The van der Waals surface area contributed by atoms with E-state index in [1.807, 2.05) is 0 Å². The van der Waals surface area contributed by atoms with E-state index in [-0.39, 0.29) is 11.8 Å². The standard InChI is InChI=1S/C49H46/c1-35-16-14-27-47-44(35)25-15-26-45(47)37(3)49(42-32-30-40(31-33-42)39-20-8-5-9-21-39)43-29-28-36(2)48(34-43)46-24-13-12-23-41(46)22-11-10-19-38-17-6-4-7-18-38/h4-9,12-18,20-21,23-34,37,49H,10-11,19,22H2,1-3H3. The zero-order valence-corrected chi connectivity index (χ0v) is 29.1. The molecule has 2 atom stereocenters. The Morgan fingerprint density at radius 1 is 0.449 bits per heavy atom. The first-order valence-corrected chi connectivity index (χ1v) is 17.9. The van der Waals surface area contributed by atoms with Crippen LogP contribution >= 0.6 is 0 Å². The Bertz CT molecular complexity index is 2140. The van der Waals surface area contributed by atoms with E-state index in [0.29, 0.717) is 0 Å². The van der Waals surface area contributed by atoms with Crippen molar-refractivity contribution >= 4 is 10.8 Å². The van der Waals surface area contributed by atoms with Gasteiger partial charge in [0.05, 0.1) is 0 Å². The van der Waals surface area contributed by atoms with Crippen LogP contribution in [0.25, 0.3) is 33.0 Å². The molecule has 7 aromatic carbocycles. The minimum atomic E-state index is 0.188. The first kappa shape index (κ1) is 32.4. The van der Waals surface area contributed by atoms with E-state index in [1.165, 1.54) is 84.8 Å². The lowest BCUT2D eigenvalue weighted by Gasteiger charge is -2.28. The van der Waals surface area contributed by atoms with Gasteiger partial charge in [-0.15, -0.1) is 0 Å². The van der Waals surface area contributed by atoms with E-state index in [4.69, 9.17) is 0 Å². The van der Waals surface area contributed by atoms with Crippen LogP contribution in [0.4, 0.5) is 0 Å². The molecule has 0 saturated carbocycles. The smallest absolute Gasteiger partial charge is 0.0156 e. The van der Waals surface area contributed by atoms with Gasteiger partial charge in [-0.25, -0.2) is 0 Å². The second kappa shape index (κ2) is 14.9. The van der Waals surface area contributed by atoms with Crippen LogP contribution in [0.3, 0.4) is 0 Å². The number of unbranched alkanes of at least 4 members (excludes halogenated alkanes) is 1. The minimum Gasteiger partial charge on any atom is -0.0622 e. The van der Waals surface area contributed by atoms with Gasteiger partial charge < -0.3 is 0 Å². The van der Waals surface area contributed by atoms with Crippen LogP contribution in [-0.2, 0) is 12.8 Å². The molecule has 0 aliphatic carbocycles. The van der Waals surface area contributed by atoms with E-state index in [2.05, 4.69) is 185 Å². The van der Waals surface area contributed by atoms with E-state index >= 15 is 0 Å². The Morgan fingerprint density at radius 2 is 1.08 bits per heavy atom. The predicted octanol–water partition coefficient (Wildman–Crippen LogP) is 13.3. The molecule has 7 rings (SSSR count). The zero-order valence-electron chi connectivity index (χ0n) is 29.1. The van der Waals surface area contributed by atoms with Gasteiger partial charge in [0.1, 0.15) is 0 Å². The third kappa shape index (κ3) is 7.15. The highest BCUT2D eigenvalue weighted by molar-refractivity contribution is 5.89. The maximum absolute atomic E-state index is 2.50. The summed E-state index contributed by atoms with van der Waals surface area (Å²) in [5.41, 5.74) is 14.9. The summed E-state index contributed by atoms with van der Waals surface area (Å²) in [5.74, 6) is 0.449. The minimum absolute atomic E-state index is 0.188. The fourth-order valence-corrected chi connectivity index (χ4v) is 7.76. The van der Waals surface area contributed by atoms with Crippen molar-refractivity contribution in [1.82, 2.24) is 0 Å². The molecule has 0 aliphatic rings. The number of hydrogen-bond donors (Lipinski definition) is 0. The van der Waals surface area contributed by atoms with Crippen molar-refractivity contribution in [2.45, 2.75) is 58.3 Å². The number of hydrogen-bond acceptors (Lipinski definition) is 0. The van der Waals surface area contributed by atoms with Gasteiger partial charge in [0, 0.05) is 5.92 Å². The van der Waals surface area contributed by atoms with Crippen LogP contribution in [0, 0.1) is 13.8 Å². The lowest BCUT2D eigenvalue weighted by molar-refractivity contribution is 0.662. The molecule has 7 aromatic rings. The average molecular weight is 635 g/mol. The SMILES string of the molecule is Cc1ccc(C(c2ccc(-c3ccccc3)cc2)C(C)c2cccc3c(C)cccc23)cc1-c1ccccc1CCCCc1ccccc1. The van der Waals surface area contributed by atoms with Gasteiger partial charge >= 0.3 is 0 Å². The van der Waals surface area contributed by atoms with Crippen LogP contribution in [0.1, 0.15) is 70.5 Å². The average Bonchev–Trinajstić information content (AvgIpc) is 3.15. The van der Waals surface area contributed by atoms with Gasteiger partial charge in [-0.1, -0.05) is 171 Å². The summed E-state index contributed by atoms with van der Waals surface area (Å²) in [6.07, 6.45) is 4.59. The predicted molar refractivity (Wildman–Crippen MR) is 211 cm³/mol. The summed E-state index contributed by atoms with van der Waals surface area (Å²) in [6.45, 7) is 6.92. The van der Waals surface area contributed by atoms with Crippen molar-refractivity contribution in [2.75, 3.05) is 0 Å². The highest BCUT2D eigenvalue weighted by atomic mass is 14.3. The van der Waals surface area contributed by atoms with Crippen LogP contribution in [-0.4, -0.2) is 0 Å². The number of rotatable bonds is 11. The summed E-state index contributed by atoms with van der Waals surface area (Å²) in [4.78, 5) is 0. The summed E-state index contributed by atoms with van der Waals surface area (Å²) >= 11 is 0. The summed E-state index contributed by atoms with van der Waals surface area (Å²) in [5, 5.41) is 2.70. The van der Waals surface area contributed by atoms with Crippen molar-refractivity contribution in [1.29, 1.82) is 0 Å². The Kier molecular flexibility index (Phi) is 9.85. The van der Waals surface area contributed by atoms with Gasteiger partial charge in [0.15, 0.2) is 0 Å². The lowest BCUT2D eigenvalue weighted by Crippen LogP contribution is -2.11. The summed E-state index contributed by atoms with van der Waals surface area (Å²) in [7, 11) is 0. The zero-order chi connectivity index (χ0) is 33.6. The molecule has 0 nitrogen and oxygen atoms in total. The first-order chi connectivity index (χ1) is 24.1. The van der Waals surface area contributed by atoms with Crippen LogP contribution in [0.15, 0.2) is 164 Å². The van der Waals surface area contributed by atoms with Gasteiger partial charge in [0.2, 0.25) is 0 Å². The Labute approximate surface area is 293 Å². The maximum atomic E-state index is 2.50. The van der Waals surface area contributed by atoms with Crippen molar-refractivity contribution in [2.24, 2.45) is 0 Å². The highest BCUT2D eigenvalue weighted by Crippen LogP contribution is 2.43. The molecule has 49 heavy (non-hydrogen) atoms. The molecule has 0 saturated heterocycles. The Hall–Kier alpha value is -5.20. The molecule has 0 spiro atoms. The highest BCUT2D eigenvalue weighted by Gasteiger charge is 2.26. The van der Waals surface area contributed by atoms with Gasteiger partial charge in [-0.2, -0.15) is 0 Å². The first-order valence-electron chi connectivity index (χ1n) is 17.9. The molecule has 0 radical (unpaired) electrons. The normalized spacial score (nSPS) is 12.6. The Morgan fingerprint density at radius 3 is 1.88 bits per heavy atom.